The van der Waals surface area contributed by atoms with Gasteiger partial charge in [0.25, 0.3) is 0 Å². The van der Waals surface area contributed by atoms with Crippen LogP contribution in [0.3, 0.4) is 0 Å². The average Bonchev–Trinajstić information content (AvgIpc) is 2.64. The molecule has 0 saturated carbocycles. The largest absolute Gasteiger partial charge is 0.478 e. The Morgan fingerprint density at radius 3 is 2.70 bits per heavy atom. The van der Waals surface area contributed by atoms with Crippen LogP contribution in [0.1, 0.15) is 27.9 Å². The van der Waals surface area contributed by atoms with E-state index in [9.17, 15) is 19.5 Å². The molecule has 7 heteroatoms. The van der Waals surface area contributed by atoms with Gasteiger partial charge in [-0.2, -0.15) is 0 Å². The van der Waals surface area contributed by atoms with Crippen molar-refractivity contribution in [2.75, 3.05) is 23.9 Å². The number of methoxy groups -OCH3 is 1. The highest BCUT2D eigenvalue weighted by atomic mass is 16.5. The van der Waals surface area contributed by atoms with E-state index in [0.29, 0.717) is 24.1 Å². The van der Waals surface area contributed by atoms with E-state index in [-0.39, 0.29) is 24.6 Å². The summed E-state index contributed by atoms with van der Waals surface area (Å²) in [6.45, 7) is 0.0920. The molecule has 0 saturated heterocycles. The van der Waals surface area contributed by atoms with Gasteiger partial charge in [-0.05, 0) is 41.8 Å². The molecule has 3 rings (SSSR count). The van der Waals surface area contributed by atoms with Crippen LogP contribution in [0.2, 0.25) is 0 Å². The number of carboxylic acids is 1. The highest BCUT2D eigenvalue weighted by Gasteiger charge is 2.25. The van der Waals surface area contributed by atoms with E-state index in [1.54, 1.807) is 6.07 Å². The summed E-state index contributed by atoms with van der Waals surface area (Å²) in [5.74, 6) is -1.60. The number of para-hydroxylation sites is 1. The Bertz CT molecular complexity index is 894. The highest BCUT2D eigenvalue weighted by Crippen LogP contribution is 2.27. The minimum atomic E-state index is -1.09. The van der Waals surface area contributed by atoms with Gasteiger partial charge < -0.3 is 20.1 Å². The van der Waals surface area contributed by atoms with Crippen molar-refractivity contribution in [3.63, 3.8) is 0 Å². The number of amides is 2. The van der Waals surface area contributed by atoms with E-state index < -0.39 is 11.9 Å². The minimum absolute atomic E-state index is 0.0549. The molecular weight excluding hydrogens is 348 g/mol. The first-order chi connectivity index (χ1) is 13.0. The van der Waals surface area contributed by atoms with Crippen molar-refractivity contribution < 1.29 is 24.2 Å². The molecule has 0 aliphatic carbocycles. The van der Waals surface area contributed by atoms with Gasteiger partial charge >= 0.3 is 5.97 Å². The lowest BCUT2D eigenvalue weighted by Crippen LogP contribution is -2.40. The van der Waals surface area contributed by atoms with Gasteiger partial charge in [0.05, 0.1) is 12.2 Å². The van der Waals surface area contributed by atoms with Gasteiger partial charge in [-0.25, -0.2) is 4.79 Å². The van der Waals surface area contributed by atoms with Crippen LogP contribution >= 0.6 is 0 Å². The molecule has 1 aliphatic heterocycles. The van der Waals surface area contributed by atoms with Crippen molar-refractivity contribution in [3.05, 3.63) is 59.2 Å². The van der Waals surface area contributed by atoms with Gasteiger partial charge in [-0.3, -0.25) is 9.59 Å². The van der Waals surface area contributed by atoms with Crippen LogP contribution in [0.25, 0.3) is 0 Å². The normalized spacial score (nSPS) is 13.2. The lowest BCUT2D eigenvalue weighted by atomic mass is 10.0. The molecule has 2 amide bonds. The third-order valence-electron chi connectivity index (χ3n) is 4.33. The van der Waals surface area contributed by atoms with Gasteiger partial charge in [0.15, 0.2) is 0 Å². The first-order valence-corrected chi connectivity index (χ1v) is 8.52. The predicted molar refractivity (Wildman–Crippen MR) is 99.9 cm³/mol. The number of benzene rings is 2. The first kappa shape index (κ1) is 18.6. The molecule has 0 aromatic heterocycles. The summed E-state index contributed by atoms with van der Waals surface area (Å²) in [5, 5.41) is 11.9. The van der Waals surface area contributed by atoms with Gasteiger partial charge in [0, 0.05) is 24.9 Å². The number of hydrogen-bond acceptors (Lipinski definition) is 4. The summed E-state index contributed by atoms with van der Waals surface area (Å²) in [6, 6.07) is 12.0. The van der Waals surface area contributed by atoms with Crippen molar-refractivity contribution in [1.82, 2.24) is 0 Å². The second-order valence-corrected chi connectivity index (χ2v) is 6.31. The average molecular weight is 368 g/mol. The Labute approximate surface area is 156 Å². The Hall–Kier alpha value is -3.19. The molecule has 2 aromatic rings. The number of anilines is 2. The maximum Gasteiger partial charge on any atom is 0.335 e. The number of hydrogen-bond donors (Lipinski definition) is 2. The fraction of sp³-hybridized carbons (Fsp3) is 0.250. The van der Waals surface area contributed by atoms with Crippen LogP contribution in [0.4, 0.5) is 11.4 Å². The van der Waals surface area contributed by atoms with Crippen LogP contribution in [-0.4, -0.2) is 36.5 Å². The molecular formula is C20H20N2O5. The van der Waals surface area contributed by atoms with Gasteiger partial charge in [0.1, 0.15) is 6.54 Å². The molecule has 140 valence electrons. The molecule has 1 heterocycles. The second kappa shape index (κ2) is 8.01. The van der Waals surface area contributed by atoms with Crippen molar-refractivity contribution >= 4 is 29.2 Å². The standard InChI is InChI=1S/C20H20N2O5/c1-27-12-13-8-15(20(25)26)10-16(9-13)21-18(23)11-22-17-5-3-2-4-14(17)6-7-19(22)24/h2-5,8-10H,6-7,11-12H2,1H3,(H,21,23)(H,25,26). The number of nitrogens with one attached hydrogen (secondary N) is 1. The van der Waals surface area contributed by atoms with E-state index in [2.05, 4.69) is 5.32 Å². The number of carbonyl (C=O) groups is 3. The number of carbonyl (C=O) groups excluding carboxylic acids is 2. The molecule has 0 radical (unpaired) electrons. The molecule has 0 fully saturated rings. The number of carboxylic acid groups (broad SMARTS) is 1. The molecule has 2 aromatic carbocycles. The van der Waals surface area contributed by atoms with E-state index in [1.165, 1.54) is 24.1 Å². The quantitative estimate of drug-likeness (QED) is 0.816. The van der Waals surface area contributed by atoms with Crippen molar-refractivity contribution in [3.8, 4) is 0 Å². The molecule has 1 aliphatic rings. The van der Waals surface area contributed by atoms with Crippen LogP contribution < -0.4 is 10.2 Å². The lowest BCUT2D eigenvalue weighted by molar-refractivity contribution is -0.121. The summed E-state index contributed by atoms with van der Waals surface area (Å²) in [4.78, 5) is 37.5. The fourth-order valence-corrected chi connectivity index (χ4v) is 3.15. The topological polar surface area (TPSA) is 95.9 Å². The molecule has 2 N–H and O–H groups in total. The zero-order chi connectivity index (χ0) is 19.4. The van der Waals surface area contributed by atoms with Crippen molar-refractivity contribution in [2.24, 2.45) is 0 Å². The minimum Gasteiger partial charge on any atom is -0.478 e. The smallest absolute Gasteiger partial charge is 0.335 e. The number of nitrogens with zero attached hydrogens (tertiary/aromatic N) is 1. The fourth-order valence-electron chi connectivity index (χ4n) is 3.15. The zero-order valence-corrected chi connectivity index (χ0v) is 14.9. The molecule has 27 heavy (non-hydrogen) atoms. The third-order valence-corrected chi connectivity index (χ3v) is 4.33. The Morgan fingerprint density at radius 2 is 1.96 bits per heavy atom. The monoisotopic (exact) mass is 368 g/mol. The number of aromatic carboxylic acids is 1. The Balaban J connectivity index is 1.78. The van der Waals surface area contributed by atoms with Crippen LogP contribution in [0.15, 0.2) is 42.5 Å². The number of aryl methyl sites for hydroxylation is 1. The van der Waals surface area contributed by atoms with Crippen LogP contribution in [0, 0.1) is 0 Å². The maximum absolute atomic E-state index is 12.5. The summed E-state index contributed by atoms with van der Waals surface area (Å²) >= 11 is 0. The van der Waals surface area contributed by atoms with E-state index in [0.717, 1.165) is 11.3 Å². The molecule has 0 spiro atoms. The predicted octanol–water partition coefficient (Wildman–Crippen LogP) is 2.45. The maximum atomic E-state index is 12.5. The number of rotatable bonds is 6. The first-order valence-electron chi connectivity index (χ1n) is 8.52. The van der Waals surface area contributed by atoms with Gasteiger partial charge in [0.2, 0.25) is 11.8 Å². The molecule has 0 atom stereocenters. The second-order valence-electron chi connectivity index (χ2n) is 6.31. The third kappa shape index (κ3) is 4.32. The Morgan fingerprint density at radius 1 is 1.19 bits per heavy atom. The summed E-state index contributed by atoms with van der Waals surface area (Å²) < 4.78 is 5.04. The van der Waals surface area contributed by atoms with E-state index in [1.807, 2.05) is 24.3 Å². The summed E-state index contributed by atoms with van der Waals surface area (Å²) in [5.41, 5.74) is 2.81. The molecule has 7 nitrogen and oxygen atoms in total. The SMILES string of the molecule is COCc1cc(NC(=O)CN2C(=O)CCc3ccccc32)cc(C(=O)O)c1. The summed E-state index contributed by atoms with van der Waals surface area (Å²) in [6.07, 6.45) is 1.02. The molecule has 0 unspecified atom stereocenters. The number of fused-ring (bicyclic) bond motifs is 1. The highest BCUT2D eigenvalue weighted by molar-refractivity contribution is 6.04. The molecule has 0 bridgehead atoms. The van der Waals surface area contributed by atoms with E-state index in [4.69, 9.17) is 4.74 Å². The van der Waals surface area contributed by atoms with Gasteiger partial charge in [-0.15, -0.1) is 0 Å². The Kier molecular flexibility index (Phi) is 5.52. The van der Waals surface area contributed by atoms with Crippen molar-refractivity contribution in [1.29, 1.82) is 0 Å². The van der Waals surface area contributed by atoms with Crippen LogP contribution in [-0.2, 0) is 27.4 Å². The van der Waals surface area contributed by atoms with Crippen LogP contribution in [0.5, 0.6) is 0 Å². The lowest BCUT2D eigenvalue weighted by Gasteiger charge is -2.28. The van der Waals surface area contributed by atoms with Crippen molar-refractivity contribution in [2.45, 2.75) is 19.4 Å². The zero-order valence-electron chi connectivity index (χ0n) is 14.9. The number of ether oxygens (including phenoxy) is 1. The summed E-state index contributed by atoms with van der Waals surface area (Å²) in [7, 11) is 1.51. The van der Waals surface area contributed by atoms with Gasteiger partial charge in [-0.1, -0.05) is 18.2 Å². The van der Waals surface area contributed by atoms with E-state index >= 15 is 0 Å².